The zero-order valence-corrected chi connectivity index (χ0v) is 13.0. The number of rotatable bonds is 2. The Morgan fingerprint density at radius 2 is 2.30 bits per heavy atom. The van der Waals surface area contributed by atoms with Crippen LogP contribution in [0, 0.1) is 0 Å². The maximum Gasteiger partial charge on any atom is 0.407 e. The number of urea groups is 1. The Morgan fingerprint density at radius 3 is 2.96 bits per heavy atom. The number of anilines is 1. The number of nitrogens with zero attached hydrogens (tertiary/aromatic N) is 2. The monoisotopic (exact) mass is 320 g/mol. The molecule has 0 bridgehead atoms. The Morgan fingerprint density at radius 1 is 1.43 bits per heavy atom. The number of alkyl carbamates (subject to hydrolysis) is 1. The molecule has 0 saturated carbocycles. The van der Waals surface area contributed by atoms with Crippen molar-refractivity contribution in [3.05, 3.63) is 18.3 Å². The number of amides is 3. The fourth-order valence-electron chi connectivity index (χ4n) is 2.93. The van der Waals surface area contributed by atoms with E-state index in [1.54, 1.807) is 30.3 Å². The number of nitrogens with one attached hydrogen (secondary N) is 2. The highest BCUT2D eigenvalue weighted by molar-refractivity contribution is 5.89. The average molecular weight is 320 g/mol. The van der Waals surface area contributed by atoms with E-state index in [0.717, 1.165) is 12.8 Å². The molecule has 2 saturated heterocycles. The summed E-state index contributed by atoms with van der Waals surface area (Å²) in [4.78, 5) is 29.5. The summed E-state index contributed by atoms with van der Waals surface area (Å²) in [6.45, 7) is 1.70. The molecule has 23 heavy (non-hydrogen) atoms. The van der Waals surface area contributed by atoms with Crippen LogP contribution in [0.15, 0.2) is 18.3 Å². The van der Waals surface area contributed by atoms with Crippen molar-refractivity contribution < 1.29 is 19.1 Å². The number of hydrogen-bond acceptors (Lipinski definition) is 5. The van der Waals surface area contributed by atoms with Crippen LogP contribution in [0.2, 0.25) is 0 Å². The smallest absolute Gasteiger partial charge is 0.407 e. The van der Waals surface area contributed by atoms with Crippen molar-refractivity contribution in [2.45, 2.75) is 24.9 Å². The lowest BCUT2D eigenvalue weighted by Gasteiger charge is -2.25. The number of ether oxygens (including phenoxy) is 2. The van der Waals surface area contributed by atoms with Gasteiger partial charge in [0.25, 0.3) is 0 Å². The maximum absolute atomic E-state index is 12.4. The van der Waals surface area contributed by atoms with Crippen LogP contribution in [0.25, 0.3) is 0 Å². The van der Waals surface area contributed by atoms with Crippen LogP contribution < -0.4 is 15.4 Å². The van der Waals surface area contributed by atoms with Crippen LogP contribution in [-0.2, 0) is 4.74 Å². The summed E-state index contributed by atoms with van der Waals surface area (Å²) in [5.41, 5.74) is 0.150. The van der Waals surface area contributed by atoms with Crippen LogP contribution in [0.3, 0.4) is 0 Å². The van der Waals surface area contributed by atoms with Crippen molar-refractivity contribution in [2.75, 3.05) is 32.1 Å². The Balaban J connectivity index is 1.58. The van der Waals surface area contributed by atoms with Gasteiger partial charge in [-0.3, -0.25) is 0 Å². The summed E-state index contributed by atoms with van der Waals surface area (Å²) in [5, 5.41) is 5.53. The lowest BCUT2D eigenvalue weighted by atomic mass is 9.95. The molecule has 2 fully saturated rings. The summed E-state index contributed by atoms with van der Waals surface area (Å²) in [7, 11) is 1.54. The first-order chi connectivity index (χ1) is 11.1. The molecular formula is C15H20N4O4. The molecule has 3 rings (SSSR count). The van der Waals surface area contributed by atoms with Crippen LogP contribution in [0.1, 0.15) is 19.3 Å². The van der Waals surface area contributed by atoms with E-state index in [9.17, 15) is 9.59 Å². The van der Waals surface area contributed by atoms with E-state index in [0.29, 0.717) is 37.6 Å². The zero-order valence-electron chi connectivity index (χ0n) is 13.0. The van der Waals surface area contributed by atoms with Crippen LogP contribution in [-0.4, -0.2) is 54.4 Å². The normalized spacial score (nSPS) is 23.9. The number of pyridine rings is 1. The first-order valence-corrected chi connectivity index (χ1v) is 7.63. The van der Waals surface area contributed by atoms with E-state index < -0.39 is 5.60 Å². The van der Waals surface area contributed by atoms with Gasteiger partial charge in [-0.2, -0.15) is 0 Å². The van der Waals surface area contributed by atoms with Crippen LogP contribution >= 0.6 is 0 Å². The Bertz CT molecular complexity index is 592. The standard InChI is InChI=1S/C15H20N4O4/c1-22-12-4-3-11(9-16-12)18-13(20)19-7-2-5-15(6-8-19)10-17-14(21)23-15/h3-4,9H,2,5-8,10H2,1H3,(H,17,21)(H,18,20)/t15-/m1/s1. The largest absolute Gasteiger partial charge is 0.481 e. The zero-order chi connectivity index (χ0) is 16.3. The predicted octanol–water partition coefficient (Wildman–Crippen LogP) is 1.59. The fraction of sp³-hybridized carbons (Fsp3) is 0.533. The minimum absolute atomic E-state index is 0.175. The van der Waals surface area contributed by atoms with Gasteiger partial charge in [0.15, 0.2) is 0 Å². The molecular weight excluding hydrogens is 300 g/mol. The minimum atomic E-state index is -0.465. The molecule has 0 radical (unpaired) electrons. The number of carbonyl (C=O) groups is 2. The van der Waals surface area contributed by atoms with Gasteiger partial charge < -0.3 is 25.0 Å². The molecule has 1 spiro atoms. The van der Waals surface area contributed by atoms with Crippen molar-refractivity contribution in [1.29, 1.82) is 0 Å². The second kappa shape index (κ2) is 6.31. The molecule has 3 heterocycles. The number of likely N-dealkylation sites (tertiary alicyclic amines) is 1. The van der Waals surface area contributed by atoms with Gasteiger partial charge >= 0.3 is 12.1 Å². The maximum atomic E-state index is 12.4. The van der Waals surface area contributed by atoms with E-state index in [2.05, 4.69) is 15.6 Å². The lowest BCUT2D eigenvalue weighted by molar-refractivity contribution is 0.0454. The quantitative estimate of drug-likeness (QED) is 0.863. The lowest BCUT2D eigenvalue weighted by Crippen LogP contribution is -2.38. The summed E-state index contributed by atoms with van der Waals surface area (Å²) in [6.07, 6.45) is 3.38. The molecule has 1 atom stereocenters. The molecule has 3 amide bonds. The Hall–Kier alpha value is -2.51. The Kier molecular flexibility index (Phi) is 4.22. The topological polar surface area (TPSA) is 92.8 Å². The number of methoxy groups -OCH3 is 1. The van der Waals surface area contributed by atoms with Gasteiger partial charge in [-0.25, -0.2) is 14.6 Å². The van der Waals surface area contributed by atoms with Crippen molar-refractivity contribution >= 4 is 17.8 Å². The van der Waals surface area contributed by atoms with Crippen molar-refractivity contribution in [1.82, 2.24) is 15.2 Å². The average Bonchev–Trinajstić information content (AvgIpc) is 2.79. The molecule has 124 valence electrons. The molecule has 0 unspecified atom stereocenters. The predicted molar refractivity (Wildman–Crippen MR) is 82.4 cm³/mol. The molecule has 1 aromatic rings. The van der Waals surface area contributed by atoms with Crippen molar-refractivity contribution in [2.24, 2.45) is 0 Å². The fourth-order valence-corrected chi connectivity index (χ4v) is 2.93. The third-order valence-electron chi connectivity index (χ3n) is 4.25. The van der Waals surface area contributed by atoms with Gasteiger partial charge in [-0.15, -0.1) is 0 Å². The number of carbonyl (C=O) groups excluding carboxylic acids is 2. The number of hydrogen-bond donors (Lipinski definition) is 2. The van der Waals surface area contributed by atoms with Crippen molar-refractivity contribution in [3.8, 4) is 5.88 Å². The summed E-state index contributed by atoms with van der Waals surface area (Å²) in [5.74, 6) is 0.496. The van der Waals surface area contributed by atoms with Gasteiger partial charge in [0, 0.05) is 25.6 Å². The summed E-state index contributed by atoms with van der Waals surface area (Å²) < 4.78 is 10.4. The molecule has 8 heteroatoms. The van der Waals surface area contributed by atoms with Gasteiger partial charge in [0.05, 0.1) is 25.5 Å². The first kappa shape index (κ1) is 15.4. The molecule has 2 N–H and O–H groups in total. The first-order valence-electron chi connectivity index (χ1n) is 7.63. The number of aromatic nitrogens is 1. The van der Waals surface area contributed by atoms with E-state index in [1.165, 1.54) is 0 Å². The van der Waals surface area contributed by atoms with Gasteiger partial charge in [0.1, 0.15) is 5.60 Å². The highest BCUT2D eigenvalue weighted by atomic mass is 16.6. The molecule has 0 aliphatic carbocycles. The second-order valence-electron chi connectivity index (χ2n) is 5.79. The molecule has 2 aliphatic rings. The third kappa shape index (κ3) is 3.46. The van der Waals surface area contributed by atoms with Crippen LogP contribution in [0.5, 0.6) is 5.88 Å². The highest BCUT2D eigenvalue weighted by Gasteiger charge is 2.41. The van der Waals surface area contributed by atoms with E-state index in [-0.39, 0.29) is 12.1 Å². The van der Waals surface area contributed by atoms with E-state index in [4.69, 9.17) is 9.47 Å². The van der Waals surface area contributed by atoms with Crippen molar-refractivity contribution in [3.63, 3.8) is 0 Å². The minimum Gasteiger partial charge on any atom is -0.481 e. The van der Waals surface area contributed by atoms with Crippen LogP contribution in [0.4, 0.5) is 15.3 Å². The highest BCUT2D eigenvalue weighted by Crippen LogP contribution is 2.29. The summed E-state index contributed by atoms with van der Waals surface area (Å²) in [6, 6.07) is 3.26. The molecule has 2 aliphatic heterocycles. The van der Waals surface area contributed by atoms with Gasteiger partial charge in [-0.1, -0.05) is 0 Å². The molecule has 8 nitrogen and oxygen atoms in total. The third-order valence-corrected chi connectivity index (χ3v) is 4.25. The summed E-state index contributed by atoms with van der Waals surface area (Å²) >= 11 is 0. The molecule has 0 aromatic carbocycles. The SMILES string of the molecule is COc1ccc(NC(=O)N2CCC[C@@]3(CC2)CNC(=O)O3)cn1. The Labute approximate surface area is 134 Å². The van der Waals surface area contributed by atoms with Gasteiger partial charge in [0.2, 0.25) is 5.88 Å². The molecule has 1 aromatic heterocycles. The van der Waals surface area contributed by atoms with Gasteiger partial charge in [-0.05, 0) is 18.9 Å². The van der Waals surface area contributed by atoms with E-state index in [1.807, 2.05) is 0 Å². The van der Waals surface area contributed by atoms with E-state index >= 15 is 0 Å². The second-order valence-corrected chi connectivity index (χ2v) is 5.79.